The Balaban J connectivity index is 2.32. The first kappa shape index (κ1) is 12.8. The van der Waals surface area contributed by atoms with Crippen LogP contribution in [0, 0.1) is 5.92 Å². The summed E-state index contributed by atoms with van der Waals surface area (Å²) >= 11 is 0. The molecule has 0 amide bonds. The van der Waals surface area contributed by atoms with Crippen LogP contribution in [0.4, 0.5) is 0 Å². The lowest BCUT2D eigenvalue weighted by Gasteiger charge is -2.14. The molecule has 1 aromatic heterocycles. The van der Waals surface area contributed by atoms with Crippen LogP contribution in [-0.2, 0) is 14.8 Å². The molecule has 1 saturated heterocycles. The van der Waals surface area contributed by atoms with Crippen molar-refractivity contribution in [2.24, 2.45) is 5.92 Å². The van der Waals surface area contributed by atoms with Crippen LogP contribution >= 0.6 is 0 Å². The summed E-state index contributed by atoms with van der Waals surface area (Å²) in [6.07, 6.45) is 1.60. The van der Waals surface area contributed by atoms with Crippen molar-refractivity contribution in [1.82, 2.24) is 9.29 Å². The number of hydrogen-bond donors (Lipinski definition) is 2. The Hall–Kier alpha value is -1.67. The summed E-state index contributed by atoms with van der Waals surface area (Å²) in [5, 5.41) is 8.83. The zero-order chi connectivity index (χ0) is 13.3. The second kappa shape index (κ2) is 4.54. The Bertz CT molecular complexity index is 621. The van der Waals surface area contributed by atoms with Gasteiger partial charge in [-0.15, -0.1) is 0 Å². The van der Waals surface area contributed by atoms with Gasteiger partial charge in [-0.2, -0.15) is 4.31 Å². The number of rotatable bonds is 3. The van der Waals surface area contributed by atoms with Crippen LogP contribution < -0.4 is 5.56 Å². The Morgan fingerprint density at radius 3 is 2.78 bits per heavy atom. The lowest BCUT2D eigenvalue weighted by molar-refractivity contribution is -0.141. The third kappa shape index (κ3) is 2.16. The van der Waals surface area contributed by atoms with Gasteiger partial charge in [0.15, 0.2) is 0 Å². The molecule has 0 saturated carbocycles. The largest absolute Gasteiger partial charge is 0.481 e. The number of pyridine rings is 1. The molecule has 1 aromatic rings. The lowest BCUT2D eigenvalue weighted by Crippen LogP contribution is -2.33. The van der Waals surface area contributed by atoms with Gasteiger partial charge in [-0.1, -0.05) is 0 Å². The van der Waals surface area contributed by atoms with Crippen LogP contribution in [0.15, 0.2) is 28.0 Å². The van der Waals surface area contributed by atoms with Gasteiger partial charge < -0.3 is 10.1 Å². The lowest BCUT2D eigenvalue weighted by atomic mass is 10.1. The zero-order valence-electron chi connectivity index (χ0n) is 9.37. The van der Waals surface area contributed by atoms with Crippen LogP contribution in [0.3, 0.4) is 0 Å². The van der Waals surface area contributed by atoms with E-state index >= 15 is 0 Å². The molecule has 0 radical (unpaired) electrons. The number of aromatic nitrogens is 1. The van der Waals surface area contributed by atoms with Gasteiger partial charge >= 0.3 is 5.97 Å². The van der Waals surface area contributed by atoms with E-state index in [-0.39, 0.29) is 24.4 Å². The van der Waals surface area contributed by atoms with Crippen LogP contribution in [0.25, 0.3) is 0 Å². The van der Waals surface area contributed by atoms with Crippen molar-refractivity contribution in [3.63, 3.8) is 0 Å². The standard InChI is InChI=1S/C10H12N2O5S/c13-9-8(2-1-4-11-9)18(16,17)12-5-3-7(6-12)10(14)15/h1-2,4,7H,3,5-6H2,(H,11,13)(H,14,15)/t7-/m0/s1. The summed E-state index contributed by atoms with van der Waals surface area (Å²) in [5.74, 6) is -1.72. The maximum atomic E-state index is 12.1. The maximum absolute atomic E-state index is 12.1. The molecule has 0 spiro atoms. The summed E-state index contributed by atoms with van der Waals surface area (Å²) in [4.78, 5) is 24.2. The highest BCUT2D eigenvalue weighted by molar-refractivity contribution is 7.89. The van der Waals surface area contributed by atoms with Gasteiger partial charge in [0.05, 0.1) is 5.92 Å². The number of carboxylic acid groups (broad SMARTS) is 1. The Labute approximate surface area is 103 Å². The SMILES string of the molecule is O=C(O)[C@H]1CCN(S(=O)(=O)c2ccc[nH]c2=O)C1. The molecule has 8 heteroatoms. The van der Waals surface area contributed by atoms with E-state index < -0.39 is 27.5 Å². The average Bonchev–Trinajstić information content (AvgIpc) is 2.79. The van der Waals surface area contributed by atoms with E-state index in [2.05, 4.69) is 4.98 Å². The first-order valence-electron chi connectivity index (χ1n) is 5.33. The van der Waals surface area contributed by atoms with Gasteiger partial charge in [-0.25, -0.2) is 8.42 Å². The third-order valence-corrected chi connectivity index (χ3v) is 4.79. The van der Waals surface area contributed by atoms with Crippen molar-refractivity contribution < 1.29 is 18.3 Å². The molecule has 2 N–H and O–H groups in total. The number of nitrogens with one attached hydrogen (secondary N) is 1. The highest BCUT2D eigenvalue weighted by Gasteiger charge is 2.36. The molecule has 0 aromatic carbocycles. The minimum absolute atomic E-state index is 0.0913. The fourth-order valence-electron chi connectivity index (χ4n) is 1.90. The average molecular weight is 272 g/mol. The van der Waals surface area contributed by atoms with Crippen molar-refractivity contribution in [1.29, 1.82) is 0 Å². The van der Waals surface area contributed by atoms with Crippen LogP contribution in [0.1, 0.15) is 6.42 Å². The van der Waals surface area contributed by atoms with Crippen molar-refractivity contribution >= 4 is 16.0 Å². The number of sulfonamides is 1. The van der Waals surface area contributed by atoms with E-state index in [0.717, 1.165) is 4.31 Å². The maximum Gasteiger partial charge on any atom is 0.307 e. The number of nitrogens with zero attached hydrogens (tertiary/aromatic N) is 1. The Morgan fingerprint density at radius 1 is 1.50 bits per heavy atom. The van der Waals surface area contributed by atoms with Crippen LogP contribution in [0.2, 0.25) is 0 Å². The minimum atomic E-state index is -3.91. The Kier molecular flexibility index (Phi) is 3.22. The molecule has 7 nitrogen and oxygen atoms in total. The molecule has 0 aliphatic carbocycles. The predicted molar refractivity (Wildman–Crippen MR) is 61.6 cm³/mol. The molecule has 1 aliphatic heterocycles. The highest BCUT2D eigenvalue weighted by Crippen LogP contribution is 2.22. The highest BCUT2D eigenvalue weighted by atomic mass is 32.2. The van der Waals surface area contributed by atoms with Gasteiger partial charge in [0.25, 0.3) is 5.56 Å². The molecule has 1 aliphatic rings. The molecular weight excluding hydrogens is 260 g/mol. The first-order valence-corrected chi connectivity index (χ1v) is 6.77. The number of aromatic amines is 1. The monoisotopic (exact) mass is 272 g/mol. The molecule has 0 unspecified atom stereocenters. The summed E-state index contributed by atoms with van der Waals surface area (Å²) in [5.41, 5.74) is -0.698. The minimum Gasteiger partial charge on any atom is -0.481 e. The van der Waals surface area contributed by atoms with E-state index in [4.69, 9.17) is 5.11 Å². The molecule has 18 heavy (non-hydrogen) atoms. The predicted octanol–water partition coefficient (Wildman–Crippen LogP) is -0.530. The van der Waals surface area contributed by atoms with Crippen LogP contribution in [0.5, 0.6) is 0 Å². The second-order valence-corrected chi connectivity index (χ2v) is 5.96. The van der Waals surface area contributed by atoms with Gasteiger partial charge in [0.2, 0.25) is 10.0 Å². The normalized spacial score (nSPS) is 21.0. The van der Waals surface area contributed by atoms with Gasteiger partial charge in [-0.3, -0.25) is 9.59 Å². The fourth-order valence-corrected chi connectivity index (χ4v) is 3.44. The van der Waals surface area contributed by atoms with E-state index in [0.29, 0.717) is 0 Å². The fraction of sp³-hybridized carbons (Fsp3) is 0.400. The van der Waals surface area contributed by atoms with Crippen molar-refractivity contribution in [2.45, 2.75) is 11.3 Å². The number of hydrogen-bond acceptors (Lipinski definition) is 4. The van der Waals surface area contributed by atoms with Crippen molar-refractivity contribution in [3.05, 3.63) is 28.7 Å². The molecule has 1 atom stereocenters. The van der Waals surface area contributed by atoms with Crippen LogP contribution in [-0.4, -0.2) is 41.9 Å². The number of carbonyl (C=O) groups is 1. The molecule has 1 fully saturated rings. The van der Waals surface area contributed by atoms with Gasteiger partial charge in [0.1, 0.15) is 4.90 Å². The van der Waals surface area contributed by atoms with E-state index in [1.807, 2.05) is 0 Å². The molecule has 0 bridgehead atoms. The summed E-state index contributed by atoms with van der Waals surface area (Å²) in [7, 11) is -3.91. The summed E-state index contributed by atoms with van der Waals surface area (Å²) < 4.78 is 25.3. The van der Waals surface area contributed by atoms with Gasteiger partial charge in [0, 0.05) is 19.3 Å². The molecule has 2 heterocycles. The first-order chi connectivity index (χ1) is 8.43. The van der Waals surface area contributed by atoms with Gasteiger partial charge in [-0.05, 0) is 18.6 Å². The zero-order valence-corrected chi connectivity index (χ0v) is 10.2. The van der Waals surface area contributed by atoms with Crippen molar-refractivity contribution in [2.75, 3.05) is 13.1 Å². The Morgan fingerprint density at radius 2 is 2.22 bits per heavy atom. The second-order valence-electron chi connectivity index (χ2n) is 4.05. The smallest absolute Gasteiger partial charge is 0.307 e. The number of aliphatic carboxylic acids is 1. The number of carboxylic acids is 1. The van der Waals surface area contributed by atoms with E-state index in [9.17, 15) is 18.0 Å². The van der Waals surface area contributed by atoms with E-state index in [1.54, 1.807) is 0 Å². The molecular formula is C10H12N2O5S. The topological polar surface area (TPSA) is 108 Å². The number of H-pyrrole nitrogens is 1. The summed E-state index contributed by atoms with van der Waals surface area (Å²) in [6, 6.07) is 2.63. The van der Waals surface area contributed by atoms with Crippen molar-refractivity contribution in [3.8, 4) is 0 Å². The molecule has 98 valence electrons. The molecule has 2 rings (SSSR count). The third-order valence-electron chi connectivity index (χ3n) is 2.90. The van der Waals surface area contributed by atoms with E-state index in [1.165, 1.54) is 18.3 Å². The summed E-state index contributed by atoms with van der Waals surface area (Å²) in [6.45, 7) is 0.0274. The quantitative estimate of drug-likeness (QED) is 0.769.